The summed E-state index contributed by atoms with van der Waals surface area (Å²) in [5.41, 5.74) is 0.967. The molecule has 68 valence electrons. The van der Waals surface area contributed by atoms with Gasteiger partial charge < -0.3 is 0 Å². The Hall–Kier alpha value is -1.40. The van der Waals surface area contributed by atoms with Crippen LogP contribution >= 0.6 is 0 Å². The van der Waals surface area contributed by atoms with E-state index in [1.54, 1.807) is 6.20 Å². The zero-order valence-corrected chi connectivity index (χ0v) is 7.91. The normalized spacial score (nSPS) is 12.1. The number of aromatic nitrogens is 2. The molecule has 13 heavy (non-hydrogen) atoms. The summed E-state index contributed by atoms with van der Waals surface area (Å²) in [6.07, 6.45) is 6.97. The molecule has 3 heteroatoms. The fourth-order valence-electron chi connectivity index (χ4n) is 0.920. The van der Waals surface area contributed by atoms with Gasteiger partial charge in [0, 0.05) is 12.7 Å². The van der Waals surface area contributed by atoms with E-state index >= 15 is 0 Å². The first-order valence-electron chi connectivity index (χ1n) is 4.20. The van der Waals surface area contributed by atoms with Crippen molar-refractivity contribution in [2.24, 2.45) is 0 Å². The minimum Gasteiger partial charge on any atom is -0.298 e. The van der Waals surface area contributed by atoms with Gasteiger partial charge in [-0.15, -0.1) is 6.42 Å². The van der Waals surface area contributed by atoms with Crippen molar-refractivity contribution in [1.82, 2.24) is 15.3 Å². The number of aryl methyl sites for hydroxylation is 1. The van der Waals surface area contributed by atoms with Crippen LogP contribution in [0.25, 0.3) is 0 Å². The lowest BCUT2D eigenvalue weighted by molar-refractivity contribution is 0.634. The Morgan fingerprint density at radius 1 is 1.69 bits per heavy atom. The molecule has 0 fully saturated rings. The van der Waals surface area contributed by atoms with Gasteiger partial charge in [0.05, 0.1) is 11.7 Å². The molecule has 0 spiro atoms. The van der Waals surface area contributed by atoms with Gasteiger partial charge in [0.2, 0.25) is 0 Å². The van der Waals surface area contributed by atoms with Gasteiger partial charge in [-0.05, 0) is 19.9 Å². The second-order valence-corrected chi connectivity index (χ2v) is 2.86. The van der Waals surface area contributed by atoms with Crippen molar-refractivity contribution in [3.63, 3.8) is 0 Å². The molecule has 0 amide bonds. The van der Waals surface area contributed by atoms with Gasteiger partial charge in [-0.2, -0.15) is 0 Å². The number of nitrogens with zero attached hydrogens (tertiary/aromatic N) is 2. The highest BCUT2D eigenvalue weighted by molar-refractivity contribution is 5.03. The molecule has 0 bridgehead atoms. The third-order valence-corrected chi connectivity index (χ3v) is 1.67. The minimum absolute atomic E-state index is 0.0790. The maximum Gasteiger partial charge on any atom is 0.125 e. The molecule has 0 aromatic carbocycles. The van der Waals surface area contributed by atoms with Gasteiger partial charge in [0.25, 0.3) is 0 Å². The maximum absolute atomic E-state index is 5.22. The molecule has 0 aliphatic heterocycles. The monoisotopic (exact) mass is 175 g/mol. The summed E-state index contributed by atoms with van der Waals surface area (Å²) in [6.45, 7) is 4.50. The smallest absolute Gasteiger partial charge is 0.125 e. The first kappa shape index (κ1) is 9.69. The molecule has 0 saturated heterocycles. The zero-order valence-electron chi connectivity index (χ0n) is 7.91. The molecular weight excluding hydrogens is 162 g/mol. The van der Waals surface area contributed by atoms with Gasteiger partial charge in [-0.3, -0.25) is 5.32 Å². The average Bonchev–Trinajstić information content (AvgIpc) is 2.14. The zero-order chi connectivity index (χ0) is 9.68. The highest BCUT2D eigenvalue weighted by atomic mass is 14.9. The molecule has 0 saturated carbocycles. The van der Waals surface area contributed by atoms with Crippen LogP contribution in [0.3, 0.4) is 0 Å². The summed E-state index contributed by atoms with van der Waals surface area (Å²) >= 11 is 0. The van der Waals surface area contributed by atoms with E-state index in [0.29, 0.717) is 6.54 Å². The summed E-state index contributed by atoms with van der Waals surface area (Å²) in [4.78, 5) is 8.25. The summed E-state index contributed by atoms with van der Waals surface area (Å²) in [5.74, 6) is 3.38. The Morgan fingerprint density at radius 3 is 3.08 bits per heavy atom. The average molecular weight is 175 g/mol. The molecule has 1 rings (SSSR count). The van der Waals surface area contributed by atoms with E-state index in [1.165, 1.54) is 0 Å². The molecule has 0 radical (unpaired) electrons. The summed E-state index contributed by atoms with van der Waals surface area (Å²) < 4.78 is 0. The second kappa shape index (κ2) is 4.58. The van der Waals surface area contributed by atoms with Crippen LogP contribution in [-0.2, 0) is 6.54 Å². The number of terminal acetylenes is 1. The molecule has 1 aromatic heterocycles. The van der Waals surface area contributed by atoms with E-state index in [9.17, 15) is 0 Å². The SMILES string of the molecule is C#CC(C)NCc1ccnc(C)n1. The standard InChI is InChI=1S/C10H13N3/c1-4-8(2)12-7-10-5-6-11-9(3)13-10/h1,5-6,8,12H,7H2,2-3H3. The van der Waals surface area contributed by atoms with E-state index in [1.807, 2.05) is 19.9 Å². The summed E-state index contributed by atoms with van der Waals surface area (Å²) in [7, 11) is 0. The van der Waals surface area contributed by atoms with Crippen molar-refractivity contribution >= 4 is 0 Å². The molecule has 1 unspecified atom stereocenters. The van der Waals surface area contributed by atoms with Crippen LogP contribution in [0.4, 0.5) is 0 Å². The highest BCUT2D eigenvalue weighted by Gasteiger charge is 1.97. The van der Waals surface area contributed by atoms with E-state index in [4.69, 9.17) is 6.42 Å². The Kier molecular flexibility index (Phi) is 3.41. The lowest BCUT2D eigenvalue weighted by atomic mass is 10.3. The highest BCUT2D eigenvalue weighted by Crippen LogP contribution is 1.94. The summed E-state index contributed by atoms with van der Waals surface area (Å²) in [6, 6.07) is 1.96. The van der Waals surface area contributed by atoms with Gasteiger partial charge >= 0.3 is 0 Å². The lowest BCUT2D eigenvalue weighted by Crippen LogP contribution is -2.24. The molecule has 1 heterocycles. The fourth-order valence-corrected chi connectivity index (χ4v) is 0.920. The van der Waals surface area contributed by atoms with Crippen molar-refractivity contribution < 1.29 is 0 Å². The van der Waals surface area contributed by atoms with Crippen molar-refractivity contribution in [3.8, 4) is 12.3 Å². The van der Waals surface area contributed by atoms with Crippen LogP contribution in [0.2, 0.25) is 0 Å². The Labute approximate surface area is 78.6 Å². The number of nitrogens with one attached hydrogen (secondary N) is 1. The molecule has 0 aliphatic rings. The number of rotatable bonds is 3. The molecule has 0 aliphatic carbocycles. The molecule has 1 aromatic rings. The van der Waals surface area contributed by atoms with E-state index in [0.717, 1.165) is 11.5 Å². The van der Waals surface area contributed by atoms with Crippen molar-refractivity contribution in [3.05, 3.63) is 23.8 Å². The fraction of sp³-hybridized carbons (Fsp3) is 0.400. The van der Waals surface area contributed by atoms with Gasteiger partial charge in [-0.1, -0.05) is 5.92 Å². The van der Waals surface area contributed by atoms with Gasteiger partial charge in [-0.25, -0.2) is 9.97 Å². The quantitative estimate of drug-likeness (QED) is 0.693. The van der Waals surface area contributed by atoms with E-state index in [-0.39, 0.29) is 6.04 Å². The Morgan fingerprint density at radius 2 is 2.46 bits per heavy atom. The van der Waals surface area contributed by atoms with Gasteiger partial charge in [0.1, 0.15) is 5.82 Å². The van der Waals surface area contributed by atoms with Crippen molar-refractivity contribution in [1.29, 1.82) is 0 Å². The molecule has 1 N–H and O–H groups in total. The number of hydrogen-bond acceptors (Lipinski definition) is 3. The largest absolute Gasteiger partial charge is 0.298 e. The second-order valence-electron chi connectivity index (χ2n) is 2.86. The minimum atomic E-state index is 0.0790. The first-order chi connectivity index (χ1) is 6.22. The van der Waals surface area contributed by atoms with Crippen LogP contribution in [0, 0.1) is 19.3 Å². The molecule has 3 nitrogen and oxygen atoms in total. The Bertz CT molecular complexity index is 314. The van der Waals surface area contributed by atoms with Crippen molar-refractivity contribution in [2.45, 2.75) is 26.4 Å². The predicted octanol–water partition coefficient (Wildman–Crippen LogP) is 0.896. The first-order valence-corrected chi connectivity index (χ1v) is 4.20. The van der Waals surface area contributed by atoms with Crippen LogP contribution in [0.1, 0.15) is 18.4 Å². The Balaban J connectivity index is 2.51. The topological polar surface area (TPSA) is 37.8 Å². The molecule has 1 atom stereocenters. The van der Waals surface area contributed by atoms with Crippen LogP contribution in [0.15, 0.2) is 12.3 Å². The van der Waals surface area contributed by atoms with E-state index in [2.05, 4.69) is 21.2 Å². The molecular formula is C10H13N3. The lowest BCUT2D eigenvalue weighted by Gasteiger charge is -2.06. The van der Waals surface area contributed by atoms with Gasteiger partial charge in [0.15, 0.2) is 0 Å². The van der Waals surface area contributed by atoms with Crippen LogP contribution < -0.4 is 5.32 Å². The van der Waals surface area contributed by atoms with Crippen LogP contribution in [-0.4, -0.2) is 16.0 Å². The summed E-state index contributed by atoms with van der Waals surface area (Å²) in [5, 5.41) is 3.15. The third-order valence-electron chi connectivity index (χ3n) is 1.67. The third kappa shape index (κ3) is 3.22. The predicted molar refractivity (Wildman–Crippen MR) is 51.9 cm³/mol. The van der Waals surface area contributed by atoms with Crippen molar-refractivity contribution in [2.75, 3.05) is 0 Å². The van der Waals surface area contributed by atoms with E-state index < -0.39 is 0 Å². The number of hydrogen-bond donors (Lipinski definition) is 1. The maximum atomic E-state index is 5.22. The van der Waals surface area contributed by atoms with Crippen LogP contribution in [0.5, 0.6) is 0 Å².